The fraction of sp³-hybridized carbons (Fsp3) is 0.253. The SMILES string of the molecule is CC(C)(C)c1ccc(-c2[c-]cccc2)nc1.CC(C)c1cc(-c2ccc3c(c2)C(C)(C)C(C)(C)C(C)(C)c2ccccc2-3)cc(C(C)C)c1-n1c(-c2[c-]ccc3c2oc2cc4c(ccc5ccccc54)cc23)nc2ccccc21.[Ir]. The van der Waals surface area contributed by atoms with E-state index < -0.39 is 0 Å². The topological polar surface area (TPSA) is 43.9 Å². The Morgan fingerprint density at radius 1 is 0.550 bits per heavy atom. The molecule has 4 nitrogen and oxygen atoms in total. The summed E-state index contributed by atoms with van der Waals surface area (Å²) >= 11 is 0. The summed E-state index contributed by atoms with van der Waals surface area (Å²) in [6, 6.07) is 70.5. The van der Waals surface area contributed by atoms with Crippen molar-refractivity contribution in [3.8, 4) is 50.6 Å². The van der Waals surface area contributed by atoms with Gasteiger partial charge in [-0.25, -0.2) is 0 Å². The van der Waals surface area contributed by atoms with Crippen molar-refractivity contribution < 1.29 is 24.5 Å². The first-order valence-electron chi connectivity index (χ1n) is 28.3. The van der Waals surface area contributed by atoms with Gasteiger partial charge in [0.2, 0.25) is 0 Å². The molecule has 0 atom stereocenters. The van der Waals surface area contributed by atoms with Crippen molar-refractivity contribution in [2.75, 3.05) is 0 Å². The van der Waals surface area contributed by atoms with Crippen molar-refractivity contribution in [2.45, 2.75) is 118 Å². The molecule has 0 aliphatic heterocycles. The third kappa shape index (κ3) is 8.93. The molecular formula is C75H71IrN3O-2. The average Bonchev–Trinajstić information content (AvgIpc) is 4.24. The number of fused-ring (bicyclic) bond motifs is 10. The third-order valence-electron chi connectivity index (χ3n) is 18.4. The molecule has 0 bridgehead atoms. The molecule has 0 N–H and O–H groups in total. The standard InChI is InChI=1S/C60H55N2O.C15H16N.Ir/c1-35(2)46-31-40(38-28-29-43-42-20-13-14-23-50(42)58(5,6)60(9,10)59(7,8)51(43)33-38)32-47(36(3)4)55(46)62-53-25-16-15-24-52(53)61-57(62)45-22-17-21-44-49-30-39-27-26-37-18-11-12-19-41(37)48(39)34-54(49)63-56(44)45;1-15(2,3)13-9-10-14(16-11-13)12-7-5-4-6-8-12;/h11-21,23-36H,1-10H3;4-7,9-11H,1-3H3;/q2*-1;. The Hall–Kier alpha value is -7.43. The molecule has 3 aromatic heterocycles. The molecule has 0 spiro atoms. The smallest absolute Gasteiger partial charge is 0.121 e. The Labute approximate surface area is 486 Å². The van der Waals surface area contributed by atoms with E-state index in [2.05, 4.69) is 257 Å². The Morgan fingerprint density at radius 3 is 1.94 bits per heavy atom. The van der Waals surface area contributed by atoms with Gasteiger partial charge in [-0.05, 0) is 153 Å². The molecule has 0 saturated carbocycles. The van der Waals surface area contributed by atoms with Crippen LogP contribution in [-0.4, -0.2) is 14.5 Å². The molecule has 9 aromatic carbocycles. The van der Waals surface area contributed by atoms with E-state index in [-0.39, 0.29) is 53.6 Å². The Morgan fingerprint density at radius 2 is 1.23 bits per heavy atom. The Kier molecular flexibility index (Phi) is 13.8. The van der Waals surface area contributed by atoms with Crippen LogP contribution in [0.4, 0.5) is 0 Å². The molecule has 0 amide bonds. The normalized spacial score (nSPS) is 14.5. The monoisotopic (exact) mass is 1220 g/mol. The van der Waals surface area contributed by atoms with Gasteiger partial charge in [-0.15, -0.1) is 54.1 Å². The molecule has 1 aliphatic rings. The number of benzene rings is 9. The molecule has 12 aromatic rings. The van der Waals surface area contributed by atoms with Crippen molar-refractivity contribution in [3.05, 3.63) is 222 Å². The Bertz CT molecular complexity index is 4290. The summed E-state index contributed by atoms with van der Waals surface area (Å²) in [6.07, 6.45) is 1.95. The molecule has 1 radical (unpaired) electrons. The average molecular weight is 1220 g/mol. The molecule has 1 aliphatic carbocycles. The van der Waals surface area contributed by atoms with E-state index in [9.17, 15) is 0 Å². The minimum absolute atomic E-state index is 0. The second kappa shape index (κ2) is 20.3. The van der Waals surface area contributed by atoms with Crippen LogP contribution in [0.3, 0.4) is 0 Å². The number of furan rings is 1. The van der Waals surface area contributed by atoms with Crippen LogP contribution >= 0.6 is 0 Å². The van der Waals surface area contributed by atoms with Crippen LogP contribution in [0.15, 0.2) is 187 Å². The first-order valence-corrected chi connectivity index (χ1v) is 28.3. The molecule has 80 heavy (non-hydrogen) atoms. The maximum atomic E-state index is 6.95. The van der Waals surface area contributed by atoms with Crippen LogP contribution in [0.25, 0.3) is 105 Å². The number of pyridine rings is 1. The van der Waals surface area contributed by atoms with Crippen LogP contribution in [0.2, 0.25) is 0 Å². The van der Waals surface area contributed by atoms with E-state index in [1.165, 1.54) is 77.3 Å². The van der Waals surface area contributed by atoms with Crippen LogP contribution in [-0.2, 0) is 36.4 Å². The minimum Gasteiger partial charge on any atom is -0.501 e. The van der Waals surface area contributed by atoms with Crippen molar-refractivity contribution >= 4 is 54.5 Å². The van der Waals surface area contributed by atoms with E-state index in [0.717, 1.165) is 55.6 Å². The fourth-order valence-electron chi connectivity index (χ4n) is 12.6. The van der Waals surface area contributed by atoms with Crippen molar-refractivity contribution in [2.24, 2.45) is 5.41 Å². The van der Waals surface area contributed by atoms with E-state index in [0.29, 0.717) is 0 Å². The zero-order chi connectivity index (χ0) is 55.3. The van der Waals surface area contributed by atoms with Gasteiger partial charge in [0.25, 0.3) is 0 Å². The molecular weight excluding hydrogens is 1150 g/mol. The molecule has 0 fully saturated rings. The summed E-state index contributed by atoms with van der Waals surface area (Å²) < 4.78 is 9.36. The van der Waals surface area contributed by atoms with Crippen LogP contribution in [0.1, 0.15) is 130 Å². The second-order valence-electron chi connectivity index (χ2n) is 25.3. The zero-order valence-corrected chi connectivity index (χ0v) is 51.0. The van der Waals surface area contributed by atoms with Gasteiger partial charge >= 0.3 is 0 Å². The fourth-order valence-corrected chi connectivity index (χ4v) is 12.6. The molecule has 0 unspecified atom stereocenters. The minimum atomic E-state index is -0.123. The Balaban J connectivity index is 0.000000342. The first kappa shape index (κ1) is 54.5. The number of hydrogen-bond acceptors (Lipinski definition) is 3. The van der Waals surface area contributed by atoms with Crippen LogP contribution in [0, 0.1) is 17.5 Å². The van der Waals surface area contributed by atoms with Gasteiger partial charge in [0.15, 0.2) is 0 Å². The number of rotatable bonds is 6. The van der Waals surface area contributed by atoms with Gasteiger partial charge in [0, 0.05) is 37.4 Å². The number of imidazole rings is 1. The molecule has 13 rings (SSSR count). The number of nitrogens with zero attached hydrogens (tertiary/aromatic N) is 3. The van der Waals surface area contributed by atoms with Crippen LogP contribution < -0.4 is 0 Å². The third-order valence-corrected chi connectivity index (χ3v) is 18.4. The molecule has 0 saturated heterocycles. The van der Waals surface area contributed by atoms with Gasteiger partial charge < -0.3 is 14.0 Å². The van der Waals surface area contributed by atoms with Crippen molar-refractivity contribution in [1.82, 2.24) is 14.5 Å². The van der Waals surface area contributed by atoms with E-state index in [1.54, 1.807) is 0 Å². The molecule has 3 heterocycles. The van der Waals surface area contributed by atoms with Gasteiger partial charge in [0.05, 0.1) is 22.4 Å². The summed E-state index contributed by atoms with van der Waals surface area (Å²) in [4.78, 5) is 9.93. The van der Waals surface area contributed by atoms with Gasteiger partial charge in [-0.1, -0.05) is 198 Å². The van der Waals surface area contributed by atoms with Crippen LogP contribution in [0.5, 0.6) is 0 Å². The van der Waals surface area contributed by atoms with Gasteiger partial charge in [0.1, 0.15) is 5.58 Å². The summed E-state index contributed by atoms with van der Waals surface area (Å²) in [5, 5.41) is 7.00. The first-order chi connectivity index (χ1) is 37.7. The summed E-state index contributed by atoms with van der Waals surface area (Å²) in [7, 11) is 0. The van der Waals surface area contributed by atoms with Crippen molar-refractivity contribution in [3.63, 3.8) is 0 Å². The number of aromatic nitrogens is 3. The molecule has 5 heteroatoms. The maximum absolute atomic E-state index is 6.95. The summed E-state index contributed by atoms with van der Waals surface area (Å²) in [5.74, 6) is 1.29. The number of hydrogen-bond donors (Lipinski definition) is 0. The van der Waals surface area contributed by atoms with E-state index in [1.807, 2.05) is 36.5 Å². The van der Waals surface area contributed by atoms with E-state index >= 15 is 0 Å². The molecule has 403 valence electrons. The number of para-hydroxylation sites is 2. The maximum Gasteiger partial charge on any atom is 0.121 e. The predicted octanol–water partition coefficient (Wildman–Crippen LogP) is 20.7. The zero-order valence-electron chi connectivity index (χ0n) is 48.6. The van der Waals surface area contributed by atoms with E-state index in [4.69, 9.17) is 9.40 Å². The predicted molar refractivity (Wildman–Crippen MR) is 334 cm³/mol. The summed E-state index contributed by atoms with van der Waals surface area (Å²) in [6.45, 7) is 30.6. The second-order valence-corrected chi connectivity index (χ2v) is 25.3. The largest absolute Gasteiger partial charge is 0.501 e. The quantitative estimate of drug-likeness (QED) is 0.123. The van der Waals surface area contributed by atoms with Crippen molar-refractivity contribution in [1.29, 1.82) is 0 Å². The van der Waals surface area contributed by atoms with Gasteiger partial charge in [-0.2, -0.15) is 0 Å². The summed E-state index contributed by atoms with van der Waals surface area (Å²) in [5.41, 5.74) is 19.5. The van der Waals surface area contributed by atoms with Gasteiger partial charge in [-0.3, -0.25) is 4.98 Å².